The van der Waals surface area contributed by atoms with Gasteiger partial charge in [0, 0.05) is 37.6 Å². The Hall–Kier alpha value is -2.34. The molecule has 1 aromatic carbocycles. The van der Waals surface area contributed by atoms with Crippen LogP contribution in [0.1, 0.15) is 28.9 Å². The second kappa shape index (κ2) is 6.83. The smallest absolute Gasteiger partial charge is 0.253 e. The van der Waals surface area contributed by atoms with Gasteiger partial charge < -0.3 is 19.9 Å². The third kappa shape index (κ3) is 3.71. The lowest BCUT2D eigenvalue weighted by Gasteiger charge is -2.29. The predicted molar refractivity (Wildman–Crippen MR) is 88.1 cm³/mol. The molecule has 1 aliphatic rings. The van der Waals surface area contributed by atoms with Crippen LogP contribution in [0.25, 0.3) is 0 Å². The van der Waals surface area contributed by atoms with E-state index in [9.17, 15) is 9.90 Å². The van der Waals surface area contributed by atoms with Crippen LogP contribution in [-0.4, -0.2) is 44.7 Å². The van der Waals surface area contributed by atoms with Crippen molar-refractivity contribution >= 4 is 11.6 Å². The highest BCUT2D eigenvalue weighted by atomic mass is 16.3. The number of piperidine rings is 1. The van der Waals surface area contributed by atoms with Gasteiger partial charge in [-0.15, -0.1) is 0 Å². The topological polar surface area (TPSA) is 70.4 Å². The number of nitrogens with zero attached hydrogens (tertiary/aromatic N) is 3. The molecule has 0 saturated carbocycles. The molecule has 2 aromatic rings. The Labute approximate surface area is 135 Å². The third-order valence-electron chi connectivity index (χ3n) is 4.27. The Morgan fingerprint density at radius 2 is 2.00 bits per heavy atom. The van der Waals surface area contributed by atoms with Crippen molar-refractivity contribution in [2.24, 2.45) is 7.05 Å². The summed E-state index contributed by atoms with van der Waals surface area (Å²) in [5.74, 6) is 0.0371. The molecule has 0 radical (unpaired) electrons. The van der Waals surface area contributed by atoms with Crippen molar-refractivity contribution in [2.45, 2.75) is 25.5 Å². The molecule has 0 bridgehead atoms. The predicted octanol–water partition coefficient (Wildman–Crippen LogP) is 1.63. The van der Waals surface area contributed by atoms with E-state index in [0.717, 1.165) is 11.4 Å². The van der Waals surface area contributed by atoms with Crippen LogP contribution in [-0.2, 0) is 13.6 Å². The molecule has 2 heterocycles. The molecule has 3 rings (SSSR count). The van der Waals surface area contributed by atoms with E-state index in [0.29, 0.717) is 38.0 Å². The highest BCUT2D eigenvalue weighted by molar-refractivity contribution is 5.94. The summed E-state index contributed by atoms with van der Waals surface area (Å²) >= 11 is 0. The first-order chi connectivity index (χ1) is 11.1. The fourth-order valence-electron chi connectivity index (χ4n) is 2.73. The minimum atomic E-state index is -0.266. The Balaban J connectivity index is 1.58. The number of likely N-dealkylation sites (tertiary alicyclic amines) is 1. The maximum atomic E-state index is 12.4. The number of rotatable bonds is 4. The molecule has 6 nitrogen and oxygen atoms in total. The fourth-order valence-corrected chi connectivity index (χ4v) is 2.73. The maximum absolute atomic E-state index is 12.4. The van der Waals surface area contributed by atoms with Crippen LogP contribution in [0.2, 0.25) is 0 Å². The number of carbonyl (C=O) groups excluding carboxylic acids is 1. The van der Waals surface area contributed by atoms with Gasteiger partial charge in [-0.1, -0.05) is 0 Å². The Morgan fingerprint density at radius 1 is 1.30 bits per heavy atom. The lowest BCUT2D eigenvalue weighted by atomic mass is 10.1. The van der Waals surface area contributed by atoms with E-state index < -0.39 is 0 Å². The molecular formula is C17H22N4O2. The van der Waals surface area contributed by atoms with Crippen LogP contribution in [0, 0.1) is 0 Å². The SMILES string of the molecule is Cn1cncc1CNc1ccc(C(=O)N2CCC(O)CC2)cc1. The van der Waals surface area contributed by atoms with Crippen molar-refractivity contribution in [3.8, 4) is 0 Å². The van der Waals surface area contributed by atoms with Gasteiger partial charge in [0.25, 0.3) is 5.91 Å². The van der Waals surface area contributed by atoms with E-state index >= 15 is 0 Å². The van der Waals surface area contributed by atoms with E-state index in [1.165, 1.54) is 0 Å². The molecule has 2 N–H and O–H groups in total. The van der Waals surface area contributed by atoms with Crippen molar-refractivity contribution in [3.05, 3.63) is 48.0 Å². The van der Waals surface area contributed by atoms with E-state index in [1.54, 1.807) is 6.33 Å². The van der Waals surface area contributed by atoms with E-state index in [1.807, 2.05) is 47.0 Å². The van der Waals surface area contributed by atoms with Crippen molar-refractivity contribution in [2.75, 3.05) is 18.4 Å². The minimum Gasteiger partial charge on any atom is -0.393 e. The number of amides is 1. The Morgan fingerprint density at radius 3 is 2.61 bits per heavy atom. The second-order valence-corrected chi connectivity index (χ2v) is 5.95. The van der Waals surface area contributed by atoms with Gasteiger partial charge in [-0.2, -0.15) is 0 Å². The van der Waals surface area contributed by atoms with Crippen molar-refractivity contribution in [1.82, 2.24) is 14.5 Å². The number of aryl methyl sites for hydroxylation is 1. The molecule has 0 aliphatic carbocycles. The largest absolute Gasteiger partial charge is 0.393 e. The number of hydrogen-bond donors (Lipinski definition) is 2. The molecular weight excluding hydrogens is 292 g/mol. The molecule has 1 amide bonds. The first kappa shape index (κ1) is 15.6. The second-order valence-electron chi connectivity index (χ2n) is 5.95. The molecule has 0 atom stereocenters. The minimum absolute atomic E-state index is 0.0371. The van der Waals surface area contributed by atoms with Crippen LogP contribution in [0.4, 0.5) is 5.69 Å². The number of nitrogens with one attached hydrogen (secondary N) is 1. The van der Waals surface area contributed by atoms with Crippen LogP contribution in [0.3, 0.4) is 0 Å². The molecule has 23 heavy (non-hydrogen) atoms. The molecule has 6 heteroatoms. The molecule has 0 spiro atoms. The van der Waals surface area contributed by atoms with Crippen molar-refractivity contribution in [3.63, 3.8) is 0 Å². The van der Waals surface area contributed by atoms with E-state index in [-0.39, 0.29) is 12.0 Å². The monoisotopic (exact) mass is 314 g/mol. The molecule has 1 saturated heterocycles. The fraction of sp³-hybridized carbons (Fsp3) is 0.412. The highest BCUT2D eigenvalue weighted by Crippen LogP contribution is 2.16. The van der Waals surface area contributed by atoms with Gasteiger partial charge >= 0.3 is 0 Å². The van der Waals surface area contributed by atoms with Gasteiger partial charge in [0.2, 0.25) is 0 Å². The molecule has 1 fully saturated rings. The van der Waals surface area contributed by atoms with Gasteiger partial charge in [0.1, 0.15) is 0 Å². The zero-order valence-corrected chi connectivity index (χ0v) is 13.3. The first-order valence-corrected chi connectivity index (χ1v) is 7.90. The number of aliphatic hydroxyl groups is 1. The van der Waals surface area contributed by atoms with Crippen LogP contribution >= 0.6 is 0 Å². The number of anilines is 1. The van der Waals surface area contributed by atoms with Gasteiger partial charge in [-0.25, -0.2) is 4.98 Å². The van der Waals surface area contributed by atoms with E-state index in [4.69, 9.17) is 0 Å². The number of imidazole rings is 1. The lowest BCUT2D eigenvalue weighted by molar-refractivity contribution is 0.0546. The molecule has 122 valence electrons. The van der Waals surface area contributed by atoms with Gasteiger partial charge in [-0.3, -0.25) is 4.79 Å². The third-order valence-corrected chi connectivity index (χ3v) is 4.27. The molecule has 0 unspecified atom stereocenters. The van der Waals surface area contributed by atoms with Gasteiger partial charge in [-0.05, 0) is 37.1 Å². The average Bonchev–Trinajstić information content (AvgIpc) is 2.99. The quantitative estimate of drug-likeness (QED) is 0.900. The summed E-state index contributed by atoms with van der Waals surface area (Å²) in [7, 11) is 1.96. The summed E-state index contributed by atoms with van der Waals surface area (Å²) in [6.45, 7) is 1.94. The number of carbonyl (C=O) groups is 1. The number of hydrogen-bond acceptors (Lipinski definition) is 4. The van der Waals surface area contributed by atoms with Crippen LogP contribution < -0.4 is 5.32 Å². The summed E-state index contributed by atoms with van der Waals surface area (Å²) < 4.78 is 1.97. The van der Waals surface area contributed by atoms with Gasteiger partial charge in [0.15, 0.2) is 0 Å². The Bertz CT molecular complexity index is 657. The number of aliphatic hydroxyl groups excluding tert-OH is 1. The van der Waals surface area contributed by atoms with E-state index in [2.05, 4.69) is 10.3 Å². The van der Waals surface area contributed by atoms with Crippen LogP contribution in [0.5, 0.6) is 0 Å². The van der Waals surface area contributed by atoms with Crippen molar-refractivity contribution < 1.29 is 9.90 Å². The normalized spacial score (nSPS) is 15.7. The highest BCUT2D eigenvalue weighted by Gasteiger charge is 2.22. The summed E-state index contributed by atoms with van der Waals surface area (Å²) in [5.41, 5.74) is 2.75. The zero-order valence-electron chi connectivity index (χ0n) is 13.3. The van der Waals surface area contributed by atoms with Crippen LogP contribution in [0.15, 0.2) is 36.8 Å². The zero-order chi connectivity index (χ0) is 16.2. The first-order valence-electron chi connectivity index (χ1n) is 7.90. The summed E-state index contributed by atoms with van der Waals surface area (Å²) in [5, 5.41) is 12.8. The Kier molecular flexibility index (Phi) is 4.62. The number of benzene rings is 1. The maximum Gasteiger partial charge on any atom is 0.253 e. The number of aromatic nitrogens is 2. The lowest BCUT2D eigenvalue weighted by Crippen LogP contribution is -2.40. The summed E-state index contributed by atoms with van der Waals surface area (Å²) in [6, 6.07) is 7.53. The standard InChI is InChI=1S/C17H22N4O2/c1-20-12-18-10-15(20)11-19-14-4-2-13(3-5-14)17(23)21-8-6-16(22)7-9-21/h2-5,10,12,16,19,22H,6-9,11H2,1H3. The molecule has 1 aliphatic heterocycles. The molecule has 1 aromatic heterocycles. The summed E-state index contributed by atoms with van der Waals surface area (Å²) in [6.07, 6.45) is 4.66. The average molecular weight is 314 g/mol. The van der Waals surface area contributed by atoms with Crippen molar-refractivity contribution in [1.29, 1.82) is 0 Å². The van der Waals surface area contributed by atoms with Gasteiger partial charge in [0.05, 0.1) is 24.7 Å². The summed E-state index contributed by atoms with van der Waals surface area (Å²) in [4.78, 5) is 18.3.